The second kappa shape index (κ2) is 8.28. The van der Waals surface area contributed by atoms with E-state index in [1.807, 2.05) is 66.7 Å². The van der Waals surface area contributed by atoms with Crippen molar-refractivity contribution in [3.63, 3.8) is 0 Å². The Hall–Kier alpha value is -3.97. The van der Waals surface area contributed by atoms with Gasteiger partial charge >= 0.3 is 5.97 Å². The SMILES string of the molecule is COC(=O)c1ccc(Cn2c(-c3ccccc3)nc3sc(-c4ccccc4)cc3c2=O)o1. The van der Waals surface area contributed by atoms with E-state index < -0.39 is 5.97 Å². The highest BCUT2D eigenvalue weighted by atomic mass is 32.1. The molecule has 2 aromatic carbocycles. The minimum Gasteiger partial charge on any atom is -0.463 e. The maximum Gasteiger partial charge on any atom is 0.373 e. The van der Waals surface area contributed by atoms with Gasteiger partial charge in [-0.05, 0) is 23.8 Å². The van der Waals surface area contributed by atoms with Crippen LogP contribution >= 0.6 is 11.3 Å². The number of thiophene rings is 1. The summed E-state index contributed by atoms with van der Waals surface area (Å²) in [6.45, 7) is 0.138. The normalized spacial score (nSPS) is 11.0. The molecular formula is C25H18N2O4S. The summed E-state index contributed by atoms with van der Waals surface area (Å²) in [7, 11) is 1.29. The lowest BCUT2D eigenvalue weighted by Crippen LogP contribution is -2.23. The van der Waals surface area contributed by atoms with Crippen molar-refractivity contribution < 1.29 is 13.9 Å². The van der Waals surface area contributed by atoms with Crippen molar-refractivity contribution >= 4 is 27.5 Å². The van der Waals surface area contributed by atoms with Crippen molar-refractivity contribution in [1.29, 1.82) is 0 Å². The summed E-state index contributed by atoms with van der Waals surface area (Å²) in [6, 6.07) is 24.6. The average Bonchev–Trinajstić information content (AvgIpc) is 3.49. The standard InChI is InChI=1S/C25H18N2O4S/c1-30-25(29)20-13-12-18(31-20)15-27-22(17-10-6-3-7-11-17)26-23-19(24(27)28)14-21(32-23)16-8-4-2-5-9-16/h2-14H,15H2,1H3. The molecule has 5 rings (SSSR count). The second-order valence-corrected chi connectivity index (χ2v) is 8.18. The monoisotopic (exact) mass is 442 g/mol. The number of benzene rings is 2. The minimum atomic E-state index is -0.564. The summed E-state index contributed by atoms with van der Waals surface area (Å²) >= 11 is 1.49. The third-order valence-corrected chi connectivity index (χ3v) is 6.18. The predicted octanol–water partition coefficient (Wildman–Crippen LogP) is 5.22. The van der Waals surface area contributed by atoms with Crippen LogP contribution in [0.1, 0.15) is 16.3 Å². The third-order valence-electron chi connectivity index (χ3n) is 5.10. The number of nitrogens with zero attached hydrogens (tertiary/aromatic N) is 2. The number of hydrogen-bond acceptors (Lipinski definition) is 6. The first-order chi connectivity index (χ1) is 15.6. The van der Waals surface area contributed by atoms with Gasteiger partial charge in [0.2, 0.25) is 5.76 Å². The fourth-order valence-corrected chi connectivity index (χ4v) is 4.57. The number of hydrogen-bond donors (Lipinski definition) is 0. The lowest BCUT2D eigenvalue weighted by atomic mass is 10.2. The van der Waals surface area contributed by atoms with Crippen LogP contribution in [0.5, 0.6) is 0 Å². The van der Waals surface area contributed by atoms with Crippen molar-refractivity contribution in [3.05, 3.63) is 101 Å². The fourth-order valence-electron chi connectivity index (χ4n) is 3.54. The van der Waals surface area contributed by atoms with Gasteiger partial charge in [-0.3, -0.25) is 9.36 Å². The van der Waals surface area contributed by atoms with E-state index in [9.17, 15) is 9.59 Å². The van der Waals surface area contributed by atoms with Gasteiger partial charge in [-0.15, -0.1) is 11.3 Å². The Balaban J connectivity index is 1.67. The Kier molecular flexibility index (Phi) is 5.17. The molecule has 0 unspecified atom stereocenters. The number of esters is 1. The summed E-state index contributed by atoms with van der Waals surface area (Å²) in [6.07, 6.45) is 0. The molecule has 0 aliphatic carbocycles. The Morgan fingerprint density at radius 3 is 2.38 bits per heavy atom. The number of aromatic nitrogens is 2. The molecule has 0 atom stereocenters. The molecule has 3 heterocycles. The molecule has 0 aliphatic rings. The summed E-state index contributed by atoms with van der Waals surface area (Å²) in [4.78, 5) is 31.8. The second-order valence-electron chi connectivity index (χ2n) is 7.15. The molecule has 0 saturated heterocycles. The highest BCUT2D eigenvalue weighted by Crippen LogP contribution is 2.32. The third kappa shape index (κ3) is 3.63. The van der Waals surface area contributed by atoms with Crippen molar-refractivity contribution in [2.24, 2.45) is 0 Å². The van der Waals surface area contributed by atoms with E-state index >= 15 is 0 Å². The first kappa shape index (κ1) is 20.0. The number of carbonyl (C=O) groups is 1. The number of methoxy groups -OCH3 is 1. The lowest BCUT2D eigenvalue weighted by molar-refractivity contribution is 0.0563. The zero-order chi connectivity index (χ0) is 22.1. The molecule has 158 valence electrons. The van der Waals surface area contributed by atoms with Crippen LogP contribution in [-0.4, -0.2) is 22.6 Å². The highest BCUT2D eigenvalue weighted by molar-refractivity contribution is 7.21. The number of carbonyl (C=O) groups excluding carboxylic acids is 1. The van der Waals surface area contributed by atoms with E-state index in [2.05, 4.69) is 0 Å². The first-order valence-corrected chi connectivity index (χ1v) is 10.8. The van der Waals surface area contributed by atoms with Gasteiger partial charge in [-0.25, -0.2) is 9.78 Å². The average molecular weight is 442 g/mol. The molecule has 0 fully saturated rings. The Morgan fingerprint density at radius 2 is 1.69 bits per heavy atom. The number of ether oxygens (including phenoxy) is 1. The smallest absolute Gasteiger partial charge is 0.373 e. The molecular weight excluding hydrogens is 424 g/mol. The molecule has 0 aliphatic heterocycles. The zero-order valence-electron chi connectivity index (χ0n) is 17.1. The molecule has 3 aromatic heterocycles. The van der Waals surface area contributed by atoms with Crippen LogP contribution in [0.4, 0.5) is 0 Å². The van der Waals surface area contributed by atoms with E-state index in [0.29, 0.717) is 21.8 Å². The molecule has 0 spiro atoms. The van der Waals surface area contributed by atoms with Crippen molar-refractivity contribution in [2.75, 3.05) is 7.11 Å². The molecule has 0 amide bonds. The van der Waals surface area contributed by atoms with Gasteiger partial charge in [0.15, 0.2) is 0 Å². The van der Waals surface area contributed by atoms with Gasteiger partial charge in [0.25, 0.3) is 5.56 Å². The van der Waals surface area contributed by atoms with Crippen LogP contribution in [0.15, 0.2) is 88.1 Å². The molecule has 32 heavy (non-hydrogen) atoms. The Bertz CT molecular complexity index is 1470. The van der Waals surface area contributed by atoms with Gasteiger partial charge < -0.3 is 9.15 Å². The van der Waals surface area contributed by atoms with Gasteiger partial charge in [0.1, 0.15) is 16.4 Å². The summed E-state index contributed by atoms with van der Waals surface area (Å²) in [5.41, 5.74) is 1.70. The number of rotatable bonds is 5. The van der Waals surface area contributed by atoms with Crippen molar-refractivity contribution in [3.8, 4) is 21.8 Å². The van der Waals surface area contributed by atoms with Crippen LogP contribution in [0.2, 0.25) is 0 Å². The van der Waals surface area contributed by atoms with E-state index in [0.717, 1.165) is 16.0 Å². The molecule has 5 aromatic rings. The van der Waals surface area contributed by atoms with Gasteiger partial charge in [0.05, 0.1) is 19.0 Å². The molecule has 0 N–H and O–H groups in total. The van der Waals surface area contributed by atoms with Crippen LogP contribution < -0.4 is 5.56 Å². The van der Waals surface area contributed by atoms with Gasteiger partial charge in [-0.1, -0.05) is 60.7 Å². The van der Waals surface area contributed by atoms with Crippen LogP contribution in [0.25, 0.3) is 32.0 Å². The number of fused-ring (bicyclic) bond motifs is 1. The minimum absolute atomic E-state index is 0.0905. The van der Waals surface area contributed by atoms with Crippen LogP contribution in [0, 0.1) is 0 Å². The Labute approximate surface area is 187 Å². The van der Waals surface area contributed by atoms with Gasteiger partial charge in [0, 0.05) is 10.4 Å². The fraction of sp³-hybridized carbons (Fsp3) is 0.0800. The molecule has 7 heteroatoms. The largest absolute Gasteiger partial charge is 0.463 e. The molecule has 0 radical (unpaired) electrons. The topological polar surface area (TPSA) is 74.3 Å². The van der Waals surface area contributed by atoms with E-state index in [4.69, 9.17) is 14.1 Å². The predicted molar refractivity (Wildman–Crippen MR) is 124 cm³/mol. The molecule has 0 bridgehead atoms. The maximum atomic E-state index is 13.6. The highest BCUT2D eigenvalue weighted by Gasteiger charge is 2.18. The Morgan fingerprint density at radius 1 is 1.00 bits per heavy atom. The first-order valence-electron chi connectivity index (χ1n) is 9.96. The van der Waals surface area contributed by atoms with Crippen LogP contribution in [0.3, 0.4) is 0 Å². The van der Waals surface area contributed by atoms with E-state index in [-0.39, 0.29) is 17.9 Å². The summed E-state index contributed by atoms with van der Waals surface area (Å²) in [5, 5.41) is 0.549. The number of furan rings is 1. The van der Waals surface area contributed by atoms with E-state index in [1.165, 1.54) is 18.4 Å². The summed E-state index contributed by atoms with van der Waals surface area (Å²) in [5.74, 6) is 0.531. The van der Waals surface area contributed by atoms with Gasteiger partial charge in [-0.2, -0.15) is 0 Å². The lowest BCUT2D eigenvalue weighted by Gasteiger charge is -2.11. The van der Waals surface area contributed by atoms with Crippen molar-refractivity contribution in [2.45, 2.75) is 6.54 Å². The van der Waals surface area contributed by atoms with Crippen LogP contribution in [-0.2, 0) is 11.3 Å². The molecule has 6 nitrogen and oxygen atoms in total. The van der Waals surface area contributed by atoms with E-state index in [1.54, 1.807) is 16.7 Å². The molecule has 0 saturated carbocycles. The maximum absolute atomic E-state index is 13.6. The zero-order valence-corrected chi connectivity index (χ0v) is 18.0. The van der Waals surface area contributed by atoms with Crippen molar-refractivity contribution in [1.82, 2.24) is 9.55 Å². The summed E-state index contributed by atoms with van der Waals surface area (Å²) < 4.78 is 11.9. The quantitative estimate of drug-likeness (QED) is 0.349.